The molecule has 9 nitrogen and oxygen atoms in total. The number of carbonyl (C=O) groups excluding carboxylic acids is 1. The summed E-state index contributed by atoms with van der Waals surface area (Å²) in [5.74, 6) is 1.41. The molecule has 200 valence electrons. The third kappa shape index (κ3) is 5.28. The number of imidazole rings is 1. The van der Waals surface area contributed by atoms with E-state index in [1.807, 2.05) is 54.7 Å². The molecule has 0 saturated carbocycles. The number of piperazine rings is 1. The summed E-state index contributed by atoms with van der Waals surface area (Å²) in [5, 5.41) is 7.72. The normalized spacial score (nSPS) is 14.3. The maximum Gasteiger partial charge on any atom is 0.410 e. The van der Waals surface area contributed by atoms with Crippen molar-refractivity contribution in [2.45, 2.75) is 39.7 Å². The molecule has 1 saturated heterocycles. The van der Waals surface area contributed by atoms with Gasteiger partial charge in [-0.3, -0.25) is 0 Å². The Morgan fingerprint density at radius 1 is 1.08 bits per heavy atom. The highest BCUT2D eigenvalue weighted by molar-refractivity contribution is 7.14. The van der Waals surface area contributed by atoms with E-state index < -0.39 is 5.60 Å². The molecule has 4 heterocycles. The minimum Gasteiger partial charge on any atom is -0.444 e. The SMILES string of the molecule is CCc1nc2ccc(N3CCN(C(=O)OC(C)(C)C)CC3)nn2c1N(C)c1nc(-c2ccc(F)cc2)cs1. The third-order valence-corrected chi connectivity index (χ3v) is 7.25. The zero-order valence-electron chi connectivity index (χ0n) is 22.3. The van der Waals surface area contributed by atoms with Gasteiger partial charge in [0.05, 0.1) is 11.4 Å². The Labute approximate surface area is 225 Å². The number of hydrogen-bond donors (Lipinski definition) is 0. The van der Waals surface area contributed by atoms with Crippen molar-refractivity contribution < 1.29 is 13.9 Å². The summed E-state index contributed by atoms with van der Waals surface area (Å²) >= 11 is 1.51. The molecule has 0 bridgehead atoms. The smallest absolute Gasteiger partial charge is 0.410 e. The van der Waals surface area contributed by atoms with Crippen LogP contribution in [0.5, 0.6) is 0 Å². The van der Waals surface area contributed by atoms with Gasteiger partial charge in [-0.05, 0) is 63.6 Å². The van der Waals surface area contributed by atoms with Gasteiger partial charge in [0.25, 0.3) is 0 Å². The average Bonchev–Trinajstić information content (AvgIpc) is 3.53. The van der Waals surface area contributed by atoms with E-state index in [-0.39, 0.29) is 11.9 Å². The first-order valence-electron chi connectivity index (χ1n) is 12.7. The van der Waals surface area contributed by atoms with Crippen LogP contribution in [-0.4, -0.2) is 69.4 Å². The van der Waals surface area contributed by atoms with Crippen LogP contribution in [0.4, 0.5) is 26.0 Å². The second kappa shape index (κ2) is 10.2. The molecule has 0 spiro atoms. The summed E-state index contributed by atoms with van der Waals surface area (Å²) in [5.41, 5.74) is 2.82. The summed E-state index contributed by atoms with van der Waals surface area (Å²) in [4.78, 5) is 28.0. The van der Waals surface area contributed by atoms with Crippen molar-refractivity contribution in [3.05, 3.63) is 53.3 Å². The quantitative estimate of drug-likeness (QED) is 0.338. The van der Waals surface area contributed by atoms with E-state index in [0.717, 1.165) is 45.8 Å². The maximum absolute atomic E-state index is 13.4. The summed E-state index contributed by atoms with van der Waals surface area (Å²) in [7, 11) is 1.96. The van der Waals surface area contributed by atoms with Crippen molar-refractivity contribution in [2.75, 3.05) is 43.0 Å². The number of nitrogens with zero attached hydrogens (tertiary/aromatic N) is 7. The molecule has 0 N–H and O–H groups in total. The van der Waals surface area contributed by atoms with Crippen LogP contribution in [0.1, 0.15) is 33.4 Å². The van der Waals surface area contributed by atoms with Gasteiger partial charge in [0, 0.05) is 44.2 Å². The lowest BCUT2D eigenvalue weighted by Crippen LogP contribution is -2.50. The summed E-state index contributed by atoms with van der Waals surface area (Å²) in [6, 6.07) is 10.3. The Morgan fingerprint density at radius 3 is 2.45 bits per heavy atom. The van der Waals surface area contributed by atoms with Crippen LogP contribution >= 0.6 is 11.3 Å². The average molecular weight is 538 g/mol. The predicted molar refractivity (Wildman–Crippen MR) is 148 cm³/mol. The van der Waals surface area contributed by atoms with Gasteiger partial charge in [0.15, 0.2) is 16.6 Å². The molecular weight excluding hydrogens is 505 g/mol. The summed E-state index contributed by atoms with van der Waals surface area (Å²) in [6.45, 7) is 10.1. The molecule has 1 aliphatic heterocycles. The third-order valence-electron chi connectivity index (χ3n) is 6.34. The largest absolute Gasteiger partial charge is 0.444 e. The number of amides is 1. The number of benzene rings is 1. The molecule has 0 unspecified atom stereocenters. The first-order chi connectivity index (χ1) is 18.1. The molecular formula is C27H32FN7O2S. The van der Waals surface area contributed by atoms with Gasteiger partial charge in [0.1, 0.15) is 17.2 Å². The number of fused-ring (bicyclic) bond motifs is 1. The van der Waals surface area contributed by atoms with Crippen LogP contribution < -0.4 is 9.80 Å². The standard InChI is InChI=1S/C27H32FN7O2S/c1-6-20-24(32(5)25-30-21(17-38-25)18-7-9-19(28)10-8-18)35-22(29-20)11-12-23(31-35)33-13-15-34(16-14-33)26(36)37-27(2,3)4/h7-12,17H,6,13-16H2,1-5H3. The number of carbonyl (C=O) groups is 1. The highest BCUT2D eigenvalue weighted by Gasteiger charge is 2.27. The van der Waals surface area contributed by atoms with Gasteiger partial charge in [0.2, 0.25) is 0 Å². The Hall–Kier alpha value is -3.73. The number of aromatic nitrogens is 4. The molecule has 4 aromatic rings. The zero-order chi connectivity index (χ0) is 27.0. The predicted octanol–water partition coefficient (Wildman–Crippen LogP) is 5.38. The second-order valence-corrected chi connectivity index (χ2v) is 11.1. The van der Waals surface area contributed by atoms with E-state index in [2.05, 4.69) is 11.8 Å². The Kier molecular flexibility index (Phi) is 6.95. The summed E-state index contributed by atoms with van der Waals surface area (Å²) in [6.07, 6.45) is 0.457. The van der Waals surface area contributed by atoms with Gasteiger partial charge in [-0.25, -0.2) is 19.2 Å². The minimum absolute atomic E-state index is 0.271. The van der Waals surface area contributed by atoms with Crippen molar-refractivity contribution in [3.8, 4) is 11.3 Å². The minimum atomic E-state index is -0.515. The van der Waals surface area contributed by atoms with Crippen LogP contribution in [0.25, 0.3) is 16.9 Å². The number of thiazole rings is 1. The van der Waals surface area contributed by atoms with Gasteiger partial charge >= 0.3 is 6.09 Å². The number of anilines is 3. The fourth-order valence-corrected chi connectivity index (χ4v) is 5.21. The van der Waals surface area contributed by atoms with Crippen molar-refractivity contribution in [1.29, 1.82) is 0 Å². The lowest BCUT2D eigenvalue weighted by atomic mass is 10.2. The molecule has 3 aromatic heterocycles. The van der Waals surface area contributed by atoms with Gasteiger partial charge in [-0.15, -0.1) is 16.4 Å². The summed E-state index contributed by atoms with van der Waals surface area (Å²) < 4.78 is 20.8. The van der Waals surface area contributed by atoms with Crippen molar-refractivity contribution in [3.63, 3.8) is 0 Å². The van der Waals surface area contributed by atoms with E-state index in [0.29, 0.717) is 26.2 Å². The first kappa shape index (κ1) is 25.9. The molecule has 11 heteroatoms. The first-order valence-corrected chi connectivity index (χ1v) is 13.6. The van der Waals surface area contributed by atoms with Crippen LogP contribution in [0.3, 0.4) is 0 Å². The van der Waals surface area contributed by atoms with E-state index in [4.69, 9.17) is 19.8 Å². The number of aryl methyl sites for hydroxylation is 1. The van der Waals surface area contributed by atoms with E-state index in [1.165, 1.54) is 23.5 Å². The van der Waals surface area contributed by atoms with Crippen molar-refractivity contribution >= 4 is 39.8 Å². The lowest BCUT2D eigenvalue weighted by Gasteiger charge is -2.36. The van der Waals surface area contributed by atoms with Crippen molar-refractivity contribution in [2.24, 2.45) is 0 Å². The Morgan fingerprint density at radius 2 is 1.79 bits per heavy atom. The number of rotatable bonds is 5. The monoisotopic (exact) mass is 537 g/mol. The molecule has 0 radical (unpaired) electrons. The van der Waals surface area contributed by atoms with Crippen LogP contribution in [0, 0.1) is 5.82 Å². The highest BCUT2D eigenvalue weighted by atomic mass is 32.1. The van der Waals surface area contributed by atoms with Crippen molar-refractivity contribution in [1.82, 2.24) is 24.5 Å². The molecule has 1 amide bonds. The maximum atomic E-state index is 13.4. The number of ether oxygens (including phenoxy) is 1. The second-order valence-electron chi connectivity index (χ2n) is 10.2. The number of hydrogen-bond acceptors (Lipinski definition) is 8. The Bertz CT molecular complexity index is 1440. The van der Waals surface area contributed by atoms with Crippen LogP contribution in [0.15, 0.2) is 41.8 Å². The number of halogens is 1. The lowest BCUT2D eigenvalue weighted by molar-refractivity contribution is 0.0240. The molecule has 1 fully saturated rings. The van der Waals surface area contributed by atoms with E-state index in [9.17, 15) is 9.18 Å². The topological polar surface area (TPSA) is 79.1 Å². The molecule has 0 atom stereocenters. The fourth-order valence-electron chi connectivity index (χ4n) is 4.41. The van der Waals surface area contributed by atoms with Crippen LogP contribution in [0.2, 0.25) is 0 Å². The van der Waals surface area contributed by atoms with Gasteiger partial charge in [-0.1, -0.05) is 6.92 Å². The molecule has 5 rings (SSSR count). The Balaban J connectivity index is 1.39. The van der Waals surface area contributed by atoms with Gasteiger partial charge < -0.3 is 19.4 Å². The molecule has 0 aliphatic carbocycles. The van der Waals surface area contributed by atoms with Gasteiger partial charge in [-0.2, -0.15) is 4.52 Å². The van der Waals surface area contributed by atoms with E-state index in [1.54, 1.807) is 17.0 Å². The van der Waals surface area contributed by atoms with E-state index >= 15 is 0 Å². The van der Waals surface area contributed by atoms with Crippen LogP contribution in [-0.2, 0) is 11.2 Å². The zero-order valence-corrected chi connectivity index (χ0v) is 23.1. The molecule has 1 aliphatic rings. The highest BCUT2D eigenvalue weighted by Crippen LogP contribution is 2.33. The molecule has 1 aromatic carbocycles. The molecule has 38 heavy (non-hydrogen) atoms. The fraction of sp³-hybridized carbons (Fsp3) is 0.407.